The topological polar surface area (TPSA) is 99.4 Å². The summed E-state index contributed by atoms with van der Waals surface area (Å²) >= 11 is 0. The minimum atomic E-state index is -0.331. The first-order chi connectivity index (χ1) is 5.80. The van der Waals surface area contributed by atoms with Crippen molar-refractivity contribution in [2.24, 2.45) is 0 Å². The van der Waals surface area contributed by atoms with Crippen LogP contribution in [0.25, 0.3) is 0 Å². The molecule has 0 bridgehead atoms. The highest BCUT2D eigenvalue weighted by atomic mass is 16.3. The zero-order chi connectivity index (χ0) is 8.97. The van der Waals surface area contributed by atoms with Gasteiger partial charge in [0.05, 0.1) is 0 Å². The molecule has 1 aromatic heterocycles. The Morgan fingerprint density at radius 3 is 1.08 bits per heavy atom. The fourth-order valence-electron chi connectivity index (χ4n) is 0.734. The number of hydrogen-bond donors (Lipinski definition) is 3. The predicted molar refractivity (Wildman–Crippen MR) is 37.6 cm³/mol. The summed E-state index contributed by atoms with van der Waals surface area (Å²) in [6, 6.07) is 0. The normalized spacial score (nSPS) is 10.2. The van der Waals surface area contributed by atoms with Crippen molar-refractivity contribution in [1.82, 2.24) is 15.0 Å². The van der Waals surface area contributed by atoms with Gasteiger partial charge in [-0.1, -0.05) is 0 Å². The van der Waals surface area contributed by atoms with E-state index < -0.39 is 0 Å². The zero-order valence-corrected chi connectivity index (χ0v) is 6.30. The van der Waals surface area contributed by atoms with E-state index in [9.17, 15) is 0 Å². The molecule has 3 N–H and O–H groups in total. The quantitative estimate of drug-likeness (QED) is 0.503. The summed E-state index contributed by atoms with van der Waals surface area (Å²) in [5.74, 6) is 0.453. The third-order valence-corrected chi connectivity index (χ3v) is 1.20. The molecule has 1 aromatic rings. The third kappa shape index (κ3) is 1.94. The van der Waals surface area contributed by atoms with Crippen LogP contribution in [0, 0.1) is 0 Å². The summed E-state index contributed by atoms with van der Waals surface area (Å²) in [5.41, 5.74) is 0. The van der Waals surface area contributed by atoms with Crippen molar-refractivity contribution in [2.45, 2.75) is 19.8 Å². The predicted octanol–water partition coefficient (Wildman–Crippen LogP) is -1.65. The van der Waals surface area contributed by atoms with Crippen LogP contribution in [0.2, 0.25) is 0 Å². The number of nitrogens with zero attached hydrogens (tertiary/aromatic N) is 3. The molecule has 0 spiro atoms. The molecule has 0 radical (unpaired) electrons. The minimum Gasteiger partial charge on any atom is -0.388 e. The summed E-state index contributed by atoms with van der Waals surface area (Å²) in [5, 5.41) is 26.0. The van der Waals surface area contributed by atoms with E-state index in [-0.39, 0.29) is 37.3 Å². The molecule has 1 heterocycles. The molecule has 66 valence electrons. The molecule has 0 aliphatic heterocycles. The minimum absolute atomic E-state index is 0.151. The van der Waals surface area contributed by atoms with E-state index in [4.69, 9.17) is 15.3 Å². The zero-order valence-electron chi connectivity index (χ0n) is 6.30. The second kappa shape index (κ2) is 4.05. The van der Waals surface area contributed by atoms with Crippen molar-refractivity contribution in [3.05, 3.63) is 17.5 Å². The van der Waals surface area contributed by atoms with Gasteiger partial charge in [0, 0.05) is 0 Å². The van der Waals surface area contributed by atoms with Crippen molar-refractivity contribution in [2.75, 3.05) is 0 Å². The SMILES string of the molecule is OCc1nc(CO)nc(CO)n1. The van der Waals surface area contributed by atoms with Gasteiger partial charge in [0.2, 0.25) is 0 Å². The molecule has 6 nitrogen and oxygen atoms in total. The maximum Gasteiger partial charge on any atom is 0.158 e. The lowest BCUT2D eigenvalue weighted by Crippen LogP contribution is -2.07. The van der Waals surface area contributed by atoms with Crippen molar-refractivity contribution in [1.29, 1.82) is 0 Å². The molecule has 0 atom stereocenters. The molecule has 0 amide bonds. The molecular weight excluding hydrogens is 162 g/mol. The average Bonchev–Trinajstić information content (AvgIpc) is 2.16. The average molecular weight is 171 g/mol. The smallest absolute Gasteiger partial charge is 0.158 e. The highest BCUT2D eigenvalue weighted by Crippen LogP contribution is 1.96. The van der Waals surface area contributed by atoms with Gasteiger partial charge in [-0.15, -0.1) is 0 Å². The number of aromatic nitrogens is 3. The van der Waals surface area contributed by atoms with Gasteiger partial charge in [-0.05, 0) is 0 Å². The van der Waals surface area contributed by atoms with Crippen LogP contribution in [0.15, 0.2) is 0 Å². The summed E-state index contributed by atoms with van der Waals surface area (Å²) in [7, 11) is 0. The lowest BCUT2D eigenvalue weighted by Gasteiger charge is -2.00. The number of rotatable bonds is 3. The van der Waals surface area contributed by atoms with Gasteiger partial charge in [-0.25, -0.2) is 15.0 Å². The molecule has 0 aliphatic rings. The molecular formula is C6H9N3O3. The maximum atomic E-state index is 8.66. The standard InChI is InChI=1S/C6H9N3O3/c10-1-4-7-5(2-11)9-6(3-12)8-4/h10-12H,1-3H2. The Morgan fingerprint density at radius 1 is 0.667 bits per heavy atom. The number of hydrogen-bond acceptors (Lipinski definition) is 6. The van der Waals surface area contributed by atoms with Gasteiger partial charge in [0.25, 0.3) is 0 Å². The van der Waals surface area contributed by atoms with Crippen molar-refractivity contribution in [3.63, 3.8) is 0 Å². The Morgan fingerprint density at radius 2 is 0.917 bits per heavy atom. The fourth-order valence-corrected chi connectivity index (χ4v) is 0.734. The molecule has 0 saturated heterocycles. The number of aliphatic hydroxyl groups excluding tert-OH is 3. The van der Waals surface area contributed by atoms with E-state index in [0.717, 1.165) is 0 Å². The molecule has 6 heteroatoms. The first-order valence-electron chi connectivity index (χ1n) is 3.35. The van der Waals surface area contributed by atoms with Crippen LogP contribution < -0.4 is 0 Å². The Kier molecular flexibility index (Phi) is 3.03. The molecule has 0 fully saturated rings. The lowest BCUT2D eigenvalue weighted by molar-refractivity contribution is 0.243. The maximum absolute atomic E-state index is 8.66. The molecule has 0 saturated carbocycles. The number of aliphatic hydroxyl groups is 3. The van der Waals surface area contributed by atoms with E-state index in [2.05, 4.69) is 15.0 Å². The van der Waals surface area contributed by atoms with Gasteiger partial charge in [0.15, 0.2) is 17.5 Å². The van der Waals surface area contributed by atoms with E-state index in [1.165, 1.54) is 0 Å². The monoisotopic (exact) mass is 171 g/mol. The second-order valence-electron chi connectivity index (χ2n) is 2.06. The van der Waals surface area contributed by atoms with Gasteiger partial charge in [-0.3, -0.25) is 0 Å². The molecule has 0 aliphatic carbocycles. The molecule has 12 heavy (non-hydrogen) atoms. The fraction of sp³-hybridized carbons (Fsp3) is 0.500. The van der Waals surface area contributed by atoms with Gasteiger partial charge >= 0.3 is 0 Å². The summed E-state index contributed by atoms with van der Waals surface area (Å²) < 4.78 is 0. The van der Waals surface area contributed by atoms with Gasteiger partial charge < -0.3 is 15.3 Å². The highest BCUT2D eigenvalue weighted by molar-refractivity contribution is 4.94. The van der Waals surface area contributed by atoms with Crippen LogP contribution >= 0.6 is 0 Å². The molecule has 0 unspecified atom stereocenters. The van der Waals surface area contributed by atoms with Crippen LogP contribution in [-0.2, 0) is 19.8 Å². The summed E-state index contributed by atoms with van der Waals surface area (Å²) in [6.07, 6.45) is 0. The largest absolute Gasteiger partial charge is 0.388 e. The summed E-state index contributed by atoms with van der Waals surface area (Å²) in [4.78, 5) is 11.1. The van der Waals surface area contributed by atoms with E-state index in [1.807, 2.05) is 0 Å². The first kappa shape index (κ1) is 8.98. The second-order valence-corrected chi connectivity index (χ2v) is 2.06. The Hall–Kier alpha value is -1.11. The van der Waals surface area contributed by atoms with Crippen LogP contribution in [0.1, 0.15) is 17.5 Å². The first-order valence-corrected chi connectivity index (χ1v) is 3.35. The lowest BCUT2D eigenvalue weighted by atomic mass is 10.5. The Balaban J connectivity index is 3.01. The van der Waals surface area contributed by atoms with Crippen LogP contribution in [-0.4, -0.2) is 30.3 Å². The summed E-state index contributed by atoms with van der Waals surface area (Å²) in [6.45, 7) is -0.993. The van der Waals surface area contributed by atoms with E-state index in [0.29, 0.717) is 0 Å². The Labute approximate surface area is 68.6 Å². The third-order valence-electron chi connectivity index (χ3n) is 1.20. The highest BCUT2D eigenvalue weighted by Gasteiger charge is 2.03. The van der Waals surface area contributed by atoms with Crippen molar-refractivity contribution < 1.29 is 15.3 Å². The Bertz CT molecular complexity index is 211. The molecule has 1 rings (SSSR count). The van der Waals surface area contributed by atoms with Gasteiger partial charge in [-0.2, -0.15) is 0 Å². The van der Waals surface area contributed by atoms with Crippen LogP contribution in [0.3, 0.4) is 0 Å². The molecule has 0 aromatic carbocycles. The van der Waals surface area contributed by atoms with Gasteiger partial charge in [0.1, 0.15) is 19.8 Å². The van der Waals surface area contributed by atoms with Crippen LogP contribution in [0.4, 0.5) is 0 Å². The van der Waals surface area contributed by atoms with Crippen molar-refractivity contribution in [3.8, 4) is 0 Å². The van der Waals surface area contributed by atoms with E-state index in [1.54, 1.807) is 0 Å². The van der Waals surface area contributed by atoms with Crippen molar-refractivity contribution >= 4 is 0 Å². The van der Waals surface area contributed by atoms with Crippen LogP contribution in [0.5, 0.6) is 0 Å². The van der Waals surface area contributed by atoms with E-state index >= 15 is 0 Å².